The van der Waals surface area contributed by atoms with Gasteiger partial charge in [0, 0.05) is 7.11 Å². The summed E-state index contributed by atoms with van der Waals surface area (Å²) in [6.45, 7) is -0.976. The molecule has 0 radical (unpaired) electrons. The summed E-state index contributed by atoms with van der Waals surface area (Å²) in [7, 11) is 1.26. The third-order valence-corrected chi connectivity index (χ3v) is 2.40. The number of carbonyl (C=O) groups excluding carboxylic acids is 1. The standard InChI is InChI=1S/C10H10ClFO2/c1-14-10(7-12,9(11)13)8-5-3-2-4-6-8/h2-6H,7H2,1H3. The van der Waals surface area contributed by atoms with E-state index in [0.717, 1.165) is 0 Å². The van der Waals surface area contributed by atoms with Crippen LogP contribution in [0, 0.1) is 0 Å². The average Bonchev–Trinajstić information content (AvgIpc) is 2.22. The monoisotopic (exact) mass is 216 g/mol. The molecular formula is C10H10ClFO2. The first-order valence-corrected chi connectivity index (χ1v) is 4.41. The van der Waals surface area contributed by atoms with Gasteiger partial charge in [-0.2, -0.15) is 0 Å². The van der Waals surface area contributed by atoms with Crippen molar-refractivity contribution in [2.45, 2.75) is 5.60 Å². The second-order valence-electron chi connectivity index (χ2n) is 2.80. The molecule has 76 valence electrons. The molecule has 4 heteroatoms. The summed E-state index contributed by atoms with van der Waals surface area (Å²) in [6.07, 6.45) is 0. The van der Waals surface area contributed by atoms with Crippen molar-refractivity contribution < 1.29 is 13.9 Å². The summed E-state index contributed by atoms with van der Waals surface area (Å²) >= 11 is 5.33. The fourth-order valence-electron chi connectivity index (χ4n) is 1.20. The third-order valence-electron chi connectivity index (χ3n) is 2.09. The molecule has 0 saturated carbocycles. The first kappa shape index (κ1) is 11.1. The molecule has 1 rings (SSSR count). The molecule has 0 fully saturated rings. The van der Waals surface area contributed by atoms with Gasteiger partial charge in [-0.3, -0.25) is 4.79 Å². The minimum Gasteiger partial charge on any atom is -0.362 e. The van der Waals surface area contributed by atoms with Gasteiger partial charge in [-0.1, -0.05) is 30.3 Å². The van der Waals surface area contributed by atoms with E-state index >= 15 is 0 Å². The van der Waals surface area contributed by atoms with Crippen molar-refractivity contribution in [2.75, 3.05) is 13.8 Å². The van der Waals surface area contributed by atoms with Crippen LogP contribution in [0.5, 0.6) is 0 Å². The van der Waals surface area contributed by atoms with Crippen molar-refractivity contribution in [3.05, 3.63) is 35.9 Å². The Kier molecular flexibility index (Phi) is 3.61. The van der Waals surface area contributed by atoms with Crippen LogP contribution in [0.1, 0.15) is 5.56 Å². The van der Waals surface area contributed by atoms with Crippen LogP contribution in [0.4, 0.5) is 4.39 Å². The number of carbonyl (C=O) groups is 1. The Bertz CT molecular complexity index is 309. The molecule has 1 unspecified atom stereocenters. The molecule has 0 aromatic heterocycles. The lowest BCUT2D eigenvalue weighted by molar-refractivity contribution is -0.135. The van der Waals surface area contributed by atoms with Crippen LogP contribution in [-0.2, 0) is 15.1 Å². The maximum Gasteiger partial charge on any atom is 0.260 e. The van der Waals surface area contributed by atoms with Crippen LogP contribution in [0.15, 0.2) is 30.3 Å². The second kappa shape index (κ2) is 4.53. The van der Waals surface area contributed by atoms with E-state index in [4.69, 9.17) is 16.3 Å². The Morgan fingerprint density at radius 3 is 2.43 bits per heavy atom. The number of methoxy groups -OCH3 is 1. The average molecular weight is 217 g/mol. The summed E-state index contributed by atoms with van der Waals surface area (Å²) in [5, 5.41) is -0.853. The number of halogens is 2. The maximum absolute atomic E-state index is 12.8. The molecule has 0 aliphatic rings. The zero-order valence-corrected chi connectivity index (χ0v) is 8.42. The number of hydrogen-bond donors (Lipinski definition) is 0. The van der Waals surface area contributed by atoms with Crippen LogP contribution < -0.4 is 0 Å². The lowest BCUT2D eigenvalue weighted by Gasteiger charge is -2.25. The van der Waals surface area contributed by atoms with Gasteiger partial charge in [-0.05, 0) is 17.2 Å². The first-order chi connectivity index (χ1) is 6.67. The normalized spacial score (nSPS) is 14.8. The molecule has 0 aliphatic carbocycles. The molecule has 14 heavy (non-hydrogen) atoms. The highest BCUT2D eigenvalue weighted by Crippen LogP contribution is 2.28. The highest BCUT2D eigenvalue weighted by molar-refractivity contribution is 6.65. The van der Waals surface area contributed by atoms with Gasteiger partial charge in [0.1, 0.15) is 6.67 Å². The predicted molar refractivity (Wildman–Crippen MR) is 52.0 cm³/mol. The Morgan fingerprint density at radius 1 is 1.50 bits per heavy atom. The number of alkyl halides is 1. The summed E-state index contributed by atoms with van der Waals surface area (Å²) in [4.78, 5) is 11.1. The van der Waals surface area contributed by atoms with Crippen molar-refractivity contribution in [3.8, 4) is 0 Å². The third kappa shape index (κ3) is 1.79. The summed E-state index contributed by atoms with van der Waals surface area (Å²) in [5.41, 5.74) is -1.24. The Balaban J connectivity index is 3.18. The van der Waals surface area contributed by atoms with Crippen LogP contribution in [0.2, 0.25) is 0 Å². The highest BCUT2D eigenvalue weighted by Gasteiger charge is 2.39. The van der Waals surface area contributed by atoms with E-state index in [-0.39, 0.29) is 0 Å². The van der Waals surface area contributed by atoms with Gasteiger partial charge < -0.3 is 4.74 Å². The molecule has 0 aliphatic heterocycles. The summed E-state index contributed by atoms with van der Waals surface area (Å²) in [5.74, 6) is 0. The van der Waals surface area contributed by atoms with E-state index in [2.05, 4.69) is 0 Å². The van der Waals surface area contributed by atoms with Gasteiger partial charge in [-0.25, -0.2) is 4.39 Å². The fourth-order valence-corrected chi connectivity index (χ4v) is 1.44. The van der Waals surface area contributed by atoms with Crippen LogP contribution in [0.3, 0.4) is 0 Å². The minimum atomic E-state index is -1.66. The first-order valence-electron chi connectivity index (χ1n) is 4.04. The highest BCUT2D eigenvalue weighted by atomic mass is 35.5. The minimum absolute atomic E-state index is 0.421. The largest absolute Gasteiger partial charge is 0.362 e. The zero-order valence-electron chi connectivity index (χ0n) is 7.67. The topological polar surface area (TPSA) is 26.3 Å². The summed E-state index contributed by atoms with van der Waals surface area (Å²) in [6, 6.07) is 8.35. The molecule has 0 bridgehead atoms. The summed E-state index contributed by atoms with van der Waals surface area (Å²) < 4.78 is 17.7. The maximum atomic E-state index is 12.8. The lowest BCUT2D eigenvalue weighted by Crippen LogP contribution is -2.37. The number of rotatable bonds is 4. The molecule has 1 atom stereocenters. The smallest absolute Gasteiger partial charge is 0.260 e. The molecule has 1 aromatic rings. The van der Waals surface area contributed by atoms with Crippen molar-refractivity contribution >= 4 is 16.8 Å². The second-order valence-corrected chi connectivity index (χ2v) is 3.15. The number of ether oxygens (including phenoxy) is 1. The van der Waals surface area contributed by atoms with E-state index in [1.807, 2.05) is 0 Å². The Labute approximate surface area is 86.6 Å². The van der Waals surface area contributed by atoms with Crippen molar-refractivity contribution in [1.82, 2.24) is 0 Å². The van der Waals surface area contributed by atoms with Gasteiger partial charge >= 0.3 is 0 Å². The number of benzene rings is 1. The predicted octanol–water partition coefficient (Wildman–Crippen LogP) is 2.26. The lowest BCUT2D eigenvalue weighted by atomic mass is 9.96. The van der Waals surface area contributed by atoms with Crippen molar-refractivity contribution in [3.63, 3.8) is 0 Å². The molecule has 0 N–H and O–H groups in total. The van der Waals surface area contributed by atoms with E-state index < -0.39 is 17.5 Å². The Hall–Kier alpha value is -0.930. The van der Waals surface area contributed by atoms with E-state index in [1.165, 1.54) is 7.11 Å². The molecule has 2 nitrogen and oxygen atoms in total. The molecule has 0 heterocycles. The van der Waals surface area contributed by atoms with Crippen molar-refractivity contribution in [2.24, 2.45) is 0 Å². The van der Waals surface area contributed by atoms with Crippen LogP contribution in [-0.4, -0.2) is 19.0 Å². The van der Waals surface area contributed by atoms with Gasteiger partial charge in [0.2, 0.25) is 0 Å². The van der Waals surface area contributed by atoms with E-state index in [0.29, 0.717) is 5.56 Å². The quantitative estimate of drug-likeness (QED) is 0.722. The molecular weight excluding hydrogens is 207 g/mol. The van der Waals surface area contributed by atoms with Gasteiger partial charge in [-0.15, -0.1) is 0 Å². The van der Waals surface area contributed by atoms with E-state index in [1.54, 1.807) is 30.3 Å². The molecule has 0 saturated heterocycles. The molecule has 1 aromatic carbocycles. The van der Waals surface area contributed by atoms with Crippen LogP contribution in [0.25, 0.3) is 0 Å². The molecule has 0 amide bonds. The Morgan fingerprint density at radius 2 is 2.07 bits per heavy atom. The van der Waals surface area contributed by atoms with Crippen molar-refractivity contribution in [1.29, 1.82) is 0 Å². The van der Waals surface area contributed by atoms with E-state index in [9.17, 15) is 9.18 Å². The zero-order chi connectivity index (χ0) is 10.6. The molecule has 0 spiro atoms. The van der Waals surface area contributed by atoms with Crippen LogP contribution >= 0.6 is 11.6 Å². The SMILES string of the molecule is COC(CF)(C(=O)Cl)c1ccccc1. The van der Waals surface area contributed by atoms with Gasteiger partial charge in [0.05, 0.1) is 0 Å². The fraction of sp³-hybridized carbons (Fsp3) is 0.300. The van der Waals surface area contributed by atoms with Gasteiger partial charge in [0.25, 0.3) is 5.24 Å². The number of hydrogen-bond acceptors (Lipinski definition) is 2. The van der Waals surface area contributed by atoms with Gasteiger partial charge in [0.15, 0.2) is 5.60 Å².